The van der Waals surface area contributed by atoms with Crippen LogP contribution in [0.4, 0.5) is 0 Å². The maximum absolute atomic E-state index is 11.2. The van der Waals surface area contributed by atoms with E-state index in [4.69, 9.17) is 4.18 Å². The van der Waals surface area contributed by atoms with E-state index in [1.807, 2.05) is 13.8 Å². The van der Waals surface area contributed by atoms with E-state index in [1.165, 1.54) is 0 Å². The fourth-order valence-corrected chi connectivity index (χ4v) is 1.30. The lowest BCUT2D eigenvalue weighted by Crippen LogP contribution is -2.25. The highest BCUT2D eigenvalue weighted by Gasteiger charge is 2.21. The van der Waals surface area contributed by atoms with Crippen LogP contribution in [0.3, 0.4) is 0 Å². The van der Waals surface area contributed by atoms with Gasteiger partial charge in [0.2, 0.25) is 0 Å². The second kappa shape index (κ2) is 4.23. The fraction of sp³-hybridized carbons (Fsp3) is 1.00. The zero-order valence-electron chi connectivity index (χ0n) is 8.37. The summed E-state index contributed by atoms with van der Waals surface area (Å²) in [5, 5.41) is -0.460. The predicted molar refractivity (Wildman–Crippen MR) is 49.4 cm³/mol. The predicted octanol–water partition coefficient (Wildman–Crippen LogP) is 1.79. The maximum Gasteiger partial charge on any atom is 0.269 e. The molecular formula is C8H18O3S. The molecule has 0 saturated carbocycles. The van der Waals surface area contributed by atoms with Gasteiger partial charge < -0.3 is 0 Å². The first-order valence-corrected chi connectivity index (χ1v) is 5.66. The standard InChI is InChI=1S/C8H18O3S/c1-6(2)8(5)11-12(9,10)7(3)4/h6-8H,1-5H3. The molecule has 0 fully saturated rings. The van der Waals surface area contributed by atoms with Crippen LogP contribution in [0.2, 0.25) is 0 Å². The van der Waals surface area contributed by atoms with E-state index in [-0.39, 0.29) is 12.0 Å². The molecule has 0 rings (SSSR count). The molecule has 0 radical (unpaired) electrons. The minimum Gasteiger partial charge on any atom is -0.267 e. The minimum atomic E-state index is -3.34. The first kappa shape index (κ1) is 11.9. The van der Waals surface area contributed by atoms with Gasteiger partial charge in [-0.2, -0.15) is 8.42 Å². The van der Waals surface area contributed by atoms with Crippen LogP contribution in [0.25, 0.3) is 0 Å². The first-order chi connectivity index (χ1) is 5.27. The van der Waals surface area contributed by atoms with Crippen molar-refractivity contribution in [1.82, 2.24) is 0 Å². The Morgan fingerprint density at radius 3 is 1.67 bits per heavy atom. The molecule has 1 unspecified atom stereocenters. The molecule has 0 bridgehead atoms. The van der Waals surface area contributed by atoms with Crippen molar-refractivity contribution in [2.24, 2.45) is 5.92 Å². The van der Waals surface area contributed by atoms with E-state index < -0.39 is 15.4 Å². The molecule has 0 spiro atoms. The summed E-state index contributed by atoms with van der Waals surface area (Å²) in [6.07, 6.45) is -0.239. The van der Waals surface area contributed by atoms with Gasteiger partial charge in [0.05, 0.1) is 11.4 Å². The van der Waals surface area contributed by atoms with Crippen LogP contribution in [0, 0.1) is 5.92 Å². The van der Waals surface area contributed by atoms with Crippen molar-refractivity contribution < 1.29 is 12.6 Å². The van der Waals surface area contributed by atoms with Gasteiger partial charge in [-0.15, -0.1) is 0 Å². The summed E-state index contributed by atoms with van der Waals surface area (Å²) in [6.45, 7) is 8.86. The topological polar surface area (TPSA) is 43.4 Å². The van der Waals surface area contributed by atoms with Crippen LogP contribution < -0.4 is 0 Å². The Morgan fingerprint density at radius 1 is 1.00 bits per heavy atom. The highest BCUT2D eigenvalue weighted by Crippen LogP contribution is 2.12. The number of hydrogen-bond donors (Lipinski definition) is 0. The second-order valence-corrected chi connectivity index (χ2v) is 5.71. The molecule has 0 aromatic heterocycles. The van der Waals surface area contributed by atoms with Gasteiger partial charge in [-0.1, -0.05) is 13.8 Å². The van der Waals surface area contributed by atoms with E-state index in [2.05, 4.69) is 0 Å². The molecule has 0 N–H and O–H groups in total. The molecule has 0 aromatic rings. The van der Waals surface area contributed by atoms with Crippen LogP contribution in [0.15, 0.2) is 0 Å². The summed E-state index contributed by atoms with van der Waals surface area (Å²) < 4.78 is 27.4. The van der Waals surface area contributed by atoms with Gasteiger partial charge >= 0.3 is 0 Å². The fourth-order valence-electron chi connectivity index (χ4n) is 0.434. The van der Waals surface area contributed by atoms with E-state index in [0.29, 0.717) is 0 Å². The van der Waals surface area contributed by atoms with Gasteiger partial charge in [-0.3, -0.25) is 4.18 Å². The average Bonchev–Trinajstić information content (AvgIpc) is 1.85. The summed E-state index contributed by atoms with van der Waals surface area (Å²) in [6, 6.07) is 0. The lowest BCUT2D eigenvalue weighted by molar-refractivity contribution is 0.176. The molecule has 0 aliphatic rings. The Hall–Kier alpha value is -0.0900. The van der Waals surface area contributed by atoms with Crippen LogP contribution in [0.1, 0.15) is 34.6 Å². The molecule has 0 aliphatic heterocycles. The molecule has 0 aliphatic carbocycles. The van der Waals surface area contributed by atoms with E-state index in [9.17, 15) is 8.42 Å². The Morgan fingerprint density at radius 2 is 1.42 bits per heavy atom. The average molecular weight is 194 g/mol. The molecular weight excluding hydrogens is 176 g/mol. The number of rotatable bonds is 4. The summed E-state index contributed by atoms with van der Waals surface area (Å²) in [5.74, 6) is 0.221. The van der Waals surface area contributed by atoms with E-state index in [1.54, 1.807) is 20.8 Å². The van der Waals surface area contributed by atoms with Gasteiger partial charge in [0, 0.05) is 0 Å². The SMILES string of the molecule is CC(C)C(C)OS(=O)(=O)C(C)C. The van der Waals surface area contributed by atoms with Crippen LogP contribution in [-0.2, 0) is 14.3 Å². The van der Waals surface area contributed by atoms with Gasteiger partial charge in [0.1, 0.15) is 0 Å². The third-order valence-corrected chi connectivity index (χ3v) is 3.53. The molecule has 74 valence electrons. The molecule has 1 atom stereocenters. The van der Waals surface area contributed by atoms with Crippen LogP contribution in [-0.4, -0.2) is 19.8 Å². The monoisotopic (exact) mass is 194 g/mol. The maximum atomic E-state index is 11.2. The quantitative estimate of drug-likeness (QED) is 0.641. The Kier molecular flexibility index (Phi) is 4.20. The molecule has 0 aromatic carbocycles. The number of hydrogen-bond acceptors (Lipinski definition) is 3. The molecule has 4 heteroatoms. The lowest BCUT2D eigenvalue weighted by Gasteiger charge is -2.17. The normalized spacial score (nSPS) is 15.6. The van der Waals surface area contributed by atoms with Crippen molar-refractivity contribution in [2.45, 2.75) is 46.0 Å². The van der Waals surface area contributed by atoms with Gasteiger partial charge in [0.15, 0.2) is 0 Å². The molecule has 0 heterocycles. The summed E-state index contributed by atoms with van der Waals surface area (Å²) >= 11 is 0. The van der Waals surface area contributed by atoms with Crippen molar-refractivity contribution in [3.8, 4) is 0 Å². The van der Waals surface area contributed by atoms with Crippen molar-refractivity contribution >= 4 is 10.1 Å². The van der Waals surface area contributed by atoms with Crippen molar-refractivity contribution in [3.63, 3.8) is 0 Å². The van der Waals surface area contributed by atoms with E-state index in [0.717, 1.165) is 0 Å². The molecule has 3 nitrogen and oxygen atoms in total. The Balaban J connectivity index is 4.27. The Labute approximate surface area is 75.2 Å². The zero-order chi connectivity index (χ0) is 9.94. The van der Waals surface area contributed by atoms with Gasteiger partial charge in [0.25, 0.3) is 10.1 Å². The summed E-state index contributed by atoms with van der Waals surface area (Å²) in [4.78, 5) is 0. The van der Waals surface area contributed by atoms with Crippen molar-refractivity contribution in [1.29, 1.82) is 0 Å². The van der Waals surface area contributed by atoms with Crippen molar-refractivity contribution in [2.75, 3.05) is 0 Å². The lowest BCUT2D eigenvalue weighted by atomic mass is 10.1. The Bertz CT molecular complexity index is 216. The second-order valence-electron chi connectivity index (χ2n) is 3.59. The smallest absolute Gasteiger partial charge is 0.267 e. The largest absolute Gasteiger partial charge is 0.269 e. The van der Waals surface area contributed by atoms with E-state index >= 15 is 0 Å². The zero-order valence-corrected chi connectivity index (χ0v) is 9.18. The third kappa shape index (κ3) is 3.54. The molecule has 0 saturated heterocycles. The van der Waals surface area contributed by atoms with Gasteiger partial charge in [-0.05, 0) is 26.7 Å². The minimum absolute atomic E-state index is 0.221. The first-order valence-electron chi connectivity index (χ1n) is 4.19. The summed E-state index contributed by atoms with van der Waals surface area (Å²) in [7, 11) is -3.34. The highest BCUT2D eigenvalue weighted by molar-refractivity contribution is 7.87. The molecule has 12 heavy (non-hydrogen) atoms. The third-order valence-electron chi connectivity index (χ3n) is 1.80. The van der Waals surface area contributed by atoms with Gasteiger partial charge in [-0.25, -0.2) is 0 Å². The van der Waals surface area contributed by atoms with Crippen LogP contribution >= 0.6 is 0 Å². The van der Waals surface area contributed by atoms with Crippen LogP contribution in [0.5, 0.6) is 0 Å². The van der Waals surface area contributed by atoms with Crippen molar-refractivity contribution in [3.05, 3.63) is 0 Å². The summed E-state index contributed by atoms with van der Waals surface area (Å²) in [5.41, 5.74) is 0. The highest BCUT2D eigenvalue weighted by atomic mass is 32.2. The molecule has 0 amide bonds.